The summed E-state index contributed by atoms with van der Waals surface area (Å²) in [5.74, 6) is 1.52. The fraction of sp³-hybridized carbons (Fsp3) is 0.833. The highest BCUT2D eigenvalue weighted by Crippen LogP contribution is 2.26. The van der Waals surface area contributed by atoms with E-state index in [1.54, 1.807) is 0 Å². The maximum Gasteiger partial charge on any atom is 0.0404 e. The zero-order valence-corrected chi connectivity index (χ0v) is 9.89. The van der Waals surface area contributed by atoms with Gasteiger partial charge in [-0.15, -0.1) is 11.6 Å². The quantitative estimate of drug-likeness (QED) is 0.548. The third kappa shape index (κ3) is 4.02. The van der Waals surface area contributed by atoms with Crippen molar-refractivity contribution in [2.75, 3.05) is 12.4 Å². The molecule has 1 nitrogen and oxygen atoms in total. The molecule has 2 unspecified atom stereocenters. The third-order valence-electron chi connectivity index (χ3n) is 3.19. The fourth-order valence-corrected chi connectivity index (χ4v) is 2.46. The lowest BCUT2D eigenvalue weighted by molar-refractivity contribution is 0.262. The molecule has 1 aliphatic carbocycles. The Morgan fingerprint density at radius 2 is 2.07 bits per heavy atom. The van der Waals surface area contributed by atoms with Crippen LogP contribution in [0.25, 0.3) is 0 Å². The molecule has 0 heterocycles. The lowest BCUT2D eigenvalue weighted by Crippen LogP contribution is -2.38. The van der Waals surface area contributed by atoms with Crippen LogP contribution >= 0.6 is 11.6 Å². The van der Waals surface area contributed by atoms with E-state index in [1.165, 1.54) is 32.1 Å². The second-order valence-corrected chi connectivity index (χ2v) is 4.40. The minimum atomic E-state index is 0.629. The Morgan fingerprint density at radius 1 is 1.29 bits per heavy atom. The van der Waals surface area contributed by atoms with Crippen LogP contribution in [0.4, 0.5) is 0 Å². The van der Waals surface area contributed by atoms with E-state index in [1.807, 2.05) is 6.08 Å². The van der Waals surface area contributed by atoms with Crippen molar-refractivity contribution in [2.45, 2.75) is 45.1 Å². The van der Waals surface area contributed by atoms with Gasteiger partial charge in [-0.1, -0.05) is 38.3 Å². The van der Waals surface area contributed by atoms with Crippen molar-refractivity contribution < 1.29 is 0 Å². The average Bonchev–Trinajstić information content (AvgIpc) is 2.25. The summed E-state index contributed by atoms with van der Waals surface area (Å²) in [6.45, 7) is 3.28. The summed E-state index contributed by atoms with van der Waals surface area (Å²) >= 11 is 5.56. The van der Waals surface area contributed by atoms with Gasteiger partial charge in [-0.2, -0.15) is 0 Å². The van der Waals surface area contributed by atoms with Crippen LogP contribution in [-0.4, -0.2) is 18.5 Å². The molecule has 0 bridgehead atoms. The number of alkyl halides is 1. The largest absolute Gasteiger partial charge is 0.310 e. The molecule has 0 radical (unpaired) electrons. The van der Waals surface area contributed by atoms with Crippen LogP contribution in [0.1, 0.15) is 39.0 Å². The van der Waals surface area contributed by atoms with Gasteiger partial charge in [0.2, 0.25) is 0 Å². The van der Waals surface area contributed by atoms with Gasteiger partial charge < -0.3 is 5.32 Å². The smallest absolute Gasteiger partial charge is 0.0404 e. The Hall–Kier alpha value is -0.0100. The number of hydrogen-bond donors (Lipinski definition) is 1. The molecular weight excluding hydrogens is 194 g/mol. The molecule has 0 aromatic heterocycles. The predicted molar refractivity (Wildman–Crippen MR) is 63.9 cm³/mol. The molecular formula is C12H22ClN. The van der Waals surface area contributed by atoms with Crippen molar-refractivity contribution >= 4 is 11.6 Å². The predicted octanol–water partition coefficient (Wildman–Crippen LogP) is 3.34. The van der Waals surface area contributed by atoms with Gasteiger partial charge in [-0.3, -0.25) is 0 Å². The van der Waals surface area contributed by atoms with Crippen LogP contribution in [-0.2, 0) is 0 Å². The Kier molecular flexibility index (Phi) is 6.29. The van der Waals surface area contributed by atoms with Crippen LogP contribution < -0.4 is 5.32 Å². The van der Waals surface area contributed by atoms with E-state index in [0.717, 1.165) is 18.5 Å². The lowest BCUT2D eigenvalue weighted by atomic mass is 9.83. The summed E-state index contributed by atoms with van der Waals surface area (Å²) in [5.41, 5.74) is 0. The number of allylic oxidation sites excluding steroid dienone is 1. The van der Waals surface area contributed by atoms with Gasteiger partial charge in [0.05, 0.1) is 0 Å². The molecule has 1 rings (SSSR count). The van der Waals surface area contributed by atoms with Crippen LogP contribution in [0, 0.1) is 5.92 Å². The van der Waals surface area contributed by atoms with E-state index < -0.39 is 0 Å². The Bertz CT molecular complexity index is 168. The van der Waals surface area contributed by atoms with Gasteiger partial charge in [0, 0.05) is 18.5 Å². The first kappa shape index (κ1) is 12.1. The van der Waals surface area contributed by atoms with E-state index >= 15 is 0 Å². The molecule has 1 N–H and O–H groups in total. The molecule has 2 atom stereocenters. The second kappa shape index (κ2) is 7.30. The van der Waals surface area contributed by atoms with E-state index in [2.05, 4.69) is 18.3 Å². The van der Waals surface area contributed by atoms with E-state index in [-0.39, 0.29) is 0 Å². The van der Waals surface area contributed by atoms with Crippen molar-refractivity contribution in [3.63, 3.8) is 0 Å². The topological polar surface area (TPSA) is 12.0 Å². The summed E-state index contributed by atoms with van der Waals surface area (Å²) in [4.78, 5) is 0. The van der Waals surface area contributed by atoms with Gasteiger partial charge in [0.15, 0.2) is 0 Å². The molecule has 0 amide bonds. The van der Waals surface area contributed by atoms with Crippen LogP contribution in [0.5, 0.6) is 0 Å². The third-order valence-corrected chi connectivity index (χ3v) is 3.37. The van der Waals surface area contributed by atoms with Crippen molar-refractivity contribution in [2.24, 2.45) is 5.92 Å². The van der Waals surface area contributed by atoms with Gasteiger partial charge in [0.1, 0.15) is 0 Å². The molecule has 2 heteroatoms. The van der Waals surface area contributed by atoms with Gasteiger partial charge in [-0.05, 0) is 18.8 Å². The SMILES string of the molecule is CCC1CCCCC1NC/C=C/CCl. The maximum absolute atomic E-state index is 5.56. The molecule has 0 aromatic rings. The summed E-state index contributed by atoms with van der Waals surface area (Å²) < 4.78 is 0. The molecule has 0 saturated heterocycles. The minimum absolute atomic E-state index is 0.629. The normalized spacial score (nSPS) is 28.4. The van der Waals surface area contributed by atoms with E-state index in [0.29, 0.717) is 5.88 Å². The fourth-order valence-electron chi connectivity index (χ4n) is 2.33. The molecule has 0 aliphatic heterocycles. The zero-order valence-electron chi connectivity index (χ0n) is 9.14. The van der Waals surface area contributed by atoms with Gasteiger partial charge in [-0.25, -0.2) is 0 Å². The Labute approximate surface area is 92.9 Å². The summed E-state index contributed by atoms with van der Waals surface area (Å²) in [7, 11) is 0. The average molecular weight is 216 g/mol. The molecule has 82 valence electrons. The van der Waals surface area contributed by atoms with Crippen LogP contribution in [0.15, 0.2) is 12.2 Å². The Balaban J connectivity index is 2.22. The van der Waals surface area contributed by atoms with Crippen molar-refractivity contribution in [1.29, 1.82) is 0 Å². The number of rotatable bonds is 5. The number of nitrogens with one attached hydrogen (secondary N) is 1. The first-order chi connectivity index (χ1) is 6.88. The number of halogens is 1. The van der Waals surface area contributed by atoms with Crippen molar-refractivity contribution in [3.8, 4) is 0 Å². The highest BCUT2D eigenvalue weighted by atomic mass is 35.5. The minimum Gasteiger partial charge on any atom is -0.310 e. The molecule has 1 aliphatic rings. The second-order valence-electron chi connectivity index (χ2n) is 4.09. The van der Waals surface area contributed by atoms with Crippen molar-refractivity contribution in [3.05, 3.63) is 12.2 Å². The standard InChI is InChI=1S/C12H22ClN/c1-2-11-7-3-4-8-12(11)14-10-6-5-9-13/h5-6,11-12,14H,2-4,7-10H2,1H3/b6-5+. The van der Waals surface area contributed by atoms with E-state index in [9.17, 15) is 0 Å². The summed E-state index contributed by atoms with van der Waals surface area (Å²) in [6.07, 6.45) is 11.0. The molecule has 14 heavy (non-hydrogen) atoms. The van der Waals surface area contributed by atoms with Gasteiger partial charge >= 0.3 is 0 Å². The molecule has 1 fully saturated rings. The molecule has 0 aromatic carbocycles. The summed E-state index contributed by atoms with van der Waals surface area (Å²) in [6, 6.07) is 0.744. The van der Waals surface area contributed by atoms with E-state index in [4.69, 9.17) is 11.6 Å². The first-order valence-corrected chi connectivity index (χ1v) is 6.36. The van der Waals surface area contributed by atoms with Crippen molar-refractivity contribution in [1.82, 2.24) is 5.32 Å². The van der Waals surface area contributed by atoms with Crippen LogP contribution in [0.3, 0.4) is 0 Å². The monoisotopic (exact) mass is 215 g/mol. The maximum atomic E-state index is 5.56. The molecule has 0 spiro atoms. The first-order valence-electron chi connectivity index (χ1n) is 5.82. The summed E-state index contributed by atoms with van der Waals surface area (Å²) in [5, 5.41) is 3.61. The van der Waals surface area contributed by atoms with Crippen LogP contribution in [0.2, 0.25) is 0 Å². The molecule has 1 saturated carbocycles. The zero-order chi connectivity index (χ0) is 10.2. The lowest BCUT2D eigenvalue weighted by Gasteiger charge is -2.31. The van der Waals surface area contributed by atoms with Gasteiger partial charge in [0.25, 0.3) is 0 Å². The Morgan fingerprint density at radius 3 is 2.79 bits per heavy atom. The highest BCUT2D eigenvalue weighted by Gasteiger charge is 2.22. The number of hydrogen-bond acceptors (Lipinski definition) is 1. The highest BCUT2D eigenvalue weighted by molar-refractivity contribution is 6.18.